The Morgan fingerprint density at radius 2 is 2.33 bits per heavy atom. The fourth-order valence-electron chi connectivity index (χ4n) is 1.53. The van der Waals surface area contributed by atoms with Crippen LogP contribution in [0.4, 0.5) is 0 Å². The van der Waals surface area contributed by atoms with Gasteiger partial charge in [0.2, 0.25) is 0 Å². The van der Waals surface area contributed by atoms with Gasteiger partial charge in [-0.1, -0.05) is 17.7 Å². The second-order valence-corrected chi connectivity index (χ2v) is 3.79. The number of nitrogens with one attached hydrogen (secondary N) is 1. The van der Waals surface area contributed by atoms with Gasteiger partial charge in [0.05, 0.1) is 11.6 Å². The van der Waals surface area contributed by atoms with Crippen molar-refractivity contribution < 1.29 is 5.11 Å². The SMILES string of the molecule is NCCC(O)c1ccc2n[nH]c(Cl)c2c1. The number of H-pyrrole nitrogens is 1. The van der Waals surface area contributed by atoms with Crippen molar-refractivity contribution in [2.24, 2.45) is 5.73 Å². The predicted octanol–water partition coefficient (Wildman–Crippen LogP) is 1.60. The molecule has 0 amide bonds. The molecular formula is C10H12ClN3O. The van der Waals surface area contributed by atoms with Gasteiger partial charge < -0.3 is 10.8 Å². The minimum absolute atomic E-state index is 0.457. The lowest BCUT2D eigenvalue weighted by Crippen LogP contribution is -2.06. The van der Waals surface area contributed by atoms with Crippen LogP contribution in [0.3, 0.4) is 0 Å². The van der Waals surface area contributed by atoms with Crippen LogP contribution in [0.25, 0.3) is 10.9 Å². The average molecular weight is 226 g/mol. The van der Waals surface area contributed by atoms with Gasteiger partial charge in [-0.05, 0) is 30.7 Å². The van der Waals surface area contributed by atoms with Gasteiger partial charge in [0, 0.05) is 5.39 Å². The highest BCUT2D eigenvalue weighted by Crippen LogP contribution is 2.25. The topological polar surface area (TPSA) is 74.9 Å². The van der Waals surface area contributed by atoms with Crippen molar-refractivity contribution in [1.82, 2.24) is 10.2 Å². The van der Waals surface area contributed by atoms with Gasteiger partial charge in [0.25, 0.3) is 0 Å². The Morgan fingerprint density at radius 3 is 3.07 bits per heavy atom. The third-order valence-electron chi connectivity index (χ3n) is 2.36. The largest absolute Gasteiger partial charge is 0.388 e. The summed E-state index contributed by atoms with van der Waals surface area (Å²) in [4.78, 5) is 0. The number of aromatic amines is 1. The van der Waals surface area contributed by atoms with E-state index in [0.29, 0.717) is 18.1 Å². The van der Waals surface area contributed by atoms with Gasteiger partial charge in [-0.2, -0.15) is 5.10 Å². The third-order valence-corrected chi connectivity index (χ3v) is 2.64. The molecule has 0 saturated heterocycles. The Kier molecular flexibility index (Phi) is 2.90. The molecule has 5 heteroatoms. The predicted molar refractivity (Wildman–Crippen MR) is 59.7 cm³/mol. The van der Waals surface area contributed by atoms with E-state index in [-0.39, 0.29) is 0 Å². The van der Waals surface area contributed by atoms with Crippen molar-refractivity contribution in [2.75, 3.05) is 6.54 Å². The van der Waals surface area contributed by atoms with E-state index in [1.807, 2.05) is 18.2 Å². The molecule has 0 aliphatic carbocycles. The normalized spacial score (nSPS) is 13.3. The van der Waals surface area contributed by atoms with E-state index < -0.39 is 6.10 Å². The summed E-state index contributed by atoms with van der Waals surface area (Å²) < 4.78 is 0. The van der Waals surface area contributed by atoms with Gasteiger partial charge >= 0.3 is 0 Å². The monoisotopic (exact) mass is 225 g/mol. The Morgan fingerprint density at radius 1 is 1.53 bits per heavy atom. The van der Waals surface area contributed by atoms with E-state index in [9.17, 15) is 5.11 Å². The van der Waals surface area contributed by atoms with E-state index in [2.05, 4.69) is 10.2 Å². The molecule has 0 spiro atoms. The number of fused-ring (bicyclic) bond motifs is 1. The Labute approximate surface area is 92.0 Å². The molecule has 0 bridgehead atoms. The molecule has 1 heterocycles. The molecule has 15 heavy (non-hydrogen) atoms. The van der Waals surface area contributed by atoms with E-state index in [1.54, 1.807) is 0 Å². The summed E-state index contributed by atoms with van der Waals surface area (Å²) in [6, 6.07) is 5.49. The summed E-state index contributed by atoms with van der Waals surface area (Å²) >= 11 is 5.90. The molecular weight excluding hydrogens is 214 g/mol. The van der Waals surface area contributed by atoms with Gasteiger partial charge in [-0.25, -0.2) is 0 Å². The molecule has 0 aliphatic rings. The molecule has 1 aromatic heterocycles. The molecule has 1 unspecified atom stereocenters. The summed E-state index contributed by atoms with van der Waals surface area (Å²) in [6.07, 6.45) is 0.00594. The number of nitrogens with zero attached hydrogens (tertiary/aromatic N) is 1. The molecule has 80 valence electrons. The van der Waals surface area contributed by atoms with E-state index in [4.69, 9.17) is 17.3 Å². The second kappa shape index (κ2) is 4.18. The number of nitrogens with two attached hydrogens (primary N) is 1. The van der Waals surface area contributed by atoms with Crippen molar-refractivity contribution in [2.45, 2.75) is 12.5 Å². The molecule has 0 radical (unpaired) electrons. The quantitative estimate of drug-likeness (QED) is 0.743. The van der Waals surface area contributed by atoms with Crippen LogP contribution in [0.1, 0.15) is 18.1 Å². The van der Waals surface area contributed by atoms with Gasteiger partial charge in [-0.3, -0.25) is 5.10 Å². The number of rotatable bonds is 3. The Balaban J connectivity index is 2.41. The van der Waals surface area contributed by atoms with Crippen LogP contribution in [-0.2, 0) is 0 Å². The maximum atomic E-state index is 9.75. The highest BCUT2D eigenvalue weighted by atomic mass is 35.5. The van der Waals surface area contributed by atoms with Crippen LogP contribution in [0, 0.1) is 0 Å². The van der Waals surface area contributed by atoms with Gasteiger partial charge in [-0.15, -0.1) is 0 Å². The lowest BCUT2D eigenvalue weighted by molar-refractivity contribution is 0.170. The first-order chi connectivity index (χ1) is 7.22. The molecule has 4 nitrogen and oxygen atoms in total. The molecule has 2 aromatic rings. The maximum absolute atomic E-state index is 9.75. The number of hydrogen-bond donors (Lipinski definition) is 3. The zero-order valence-corrected chi connectivity index (χ0v) is 8.83. The summed E-state index contributed by atoms with van der Waals surface area (Å²) in [5.41, 5.74) is 7.00. The van der Waals surface area contributed by atoms with Crippen LogP contribution in [0.2, 0.25) is 5.15 Å². The second-order valence-electron chi connectivity index (χ2n) is 3.41. The highest BCUT2D eigenvalue weighted by Gasteiger charge is 2.09. The van der Waals surface area contributed by atoms with Crippen molar-refractivity contribution in [3.05, 3.63) is 28.9 Å². The molecule has 4 N–H and O–H groups in total. The molecule has 0 saturated carbocycles. The lowest BCUT2D eigenvalue weighted by atomic mass is 10.1. The minimum atomic E-state index is -0.537. The zero-order valence-electron chi connectivity index (χ0n) is 8.07. The van der Waals surface area contributed by atoms with Crippen LogP contribution >= 0.6 is 11.6 Å². The summed E-state index contributed by atoms with van der Waals surface area (Å²) in [7, 11) is 0. The molecule has 0 fully saturated rings. The highest BCUT2D eigenvalue weighted by molar-refractivity contribution is 6.34. The number of aromatic nitrogens is 2. The minimum Gasteiger partial charge on any atom is -0.388 e. The van der Waals surface area contributed by atoms with E-state index in [1.165, 1.54) is 0 Å². The standard InChI is InChI=1S/C10H12ClN3O/c11-10-7-5-6(9(15)3-4-12)1-2-8(7)13-14-10/h1-2,5,9,15H,3-4,12H2,(H,13,14). The summed E-state index contributed by atoms with van der Waals surface area (Å²) in [5, 5.41) is 17.8. The summed E-state index contributed by atoms with van der Waals surface area (Å²) in [6.45, 7) is 0.457. The van der Waals surface area contributed by atoms with Gasteiger partial charge in [0.1, 0.15) is 5.15 Å². The fourth-order valence-corrected chi connectivity index (χ4v) is 1.72. The molecule has 0 aliphatic heterocycles. The molecule has 2 rings (SSSR count). The first-order valence-corrected chi connectivity index (χ1v) is 5.12. The van der Waals surface area contributed by atoms with E-state index >= 15 is 0 Å². The molecule has 1 aromatic carbocycles. The fraction of sp³-hybridized carbons (Fsp3) is 0.300. The lowest BCUT2D eigenvalue weighted by Gasteiger charge is -2.08. The van der Waals surface area contributed by atoms with Crippen LogP contribution in [0.5, 0.6) is 0 Å². The van der Waals surface area contributed by atoms with Crippen LogP contribution < -0.4 is 5.73 Å². The summed E-state index contributed by atoms with van der Waals surface area (Å²) in [5.74, 6) is 0. The number of halogens is 1. The van der Waals surface area contributed by atoms with Crippen molar-refractivity contribution in [3.63, 3.8) is 0 Å². The van der Waals surface area contributed by atoms with E-state index in [0.717, 1.165) is 16.5 Å². The zero-order chi connectivity index (χ0) is 10.8. The average Bonchev–Trinajstić information content (AvgIpc) is 2.60. The first kappa shape index (κ1) is 10.4. The van der Waals surface area contributed by atoms with Crippen molar-refractivity contribution >= 4 is 22.5 Å². The van der Waals surface area contributed by atoms with Crippen LogP contribution in [-0.4, -0.2) is 21.8 Å². The number of aliphatic hydroxyl groups excluding tert-OH is 1. The smallest absolute Gasteiger partial charge is 0.132 e. The maximum Gasteiger partial charge on any atom is 0.132 e. The Bertz CT molecular complexity index is 469. The Hall–Kier alpha value is -1.10. The number of hydrogen-bond acceptors (Lipinski definition) is 3. The third kappa shape index (κ3) is 1.97. The number of benzene rings is 1. The van der Waals surface area contributed by atoms with Crippen molar-refractivity contribution in [3.8, 4) is 0 Å². The van der Waals surface area contributed by atoms with Gasteiger partial charge in [0.15, 0.2) is 0 Å². The van der Waals surface area contributed by atoms with Crippen molar-refractivity contribution in [1.29, 1.82) is 0 Å². The first-order valence-electron chi connectivity index (χ1n) is 4.74. The number of aliphatic hydroxyl groups is 1. The molecule has 1 atom stereocenters. The van der Waals surface area contributed by atoms with Crippen LogP contribution in [0.15, 0.2) is 18.2 Å².